The summed E-state index contributed by atoms with van der Waals surface area (Å²) in [7, 11) is 0. The maximum atomic E-state index is 12.9. The topological polar surface area (TPSA) is 59.8 Å². The van der Waals surface area contributed by atoms with Crippen molar-refractivity contribution in [3.05, 3.63) is 34.6 Å². The number of nitrogens with zero attached hydrogens (tertiary/aromatic N) is 3. The lowest BCUT2D eigenvalue weighted by Crippen LogP contribution is -2.16. The number of halogens is 4. The van der Waals surface area contributed by atoms with Crippen molar-refractivity contribution in [1.82, 2.24) is 14.8 Å². The Labute approximate surface area is 189 Å². The fourth-order valence-electron chi connectivity index (χ4n) is 3.85. The van der Waals surface area contributed by atoms with E-state index in [1.807, 2.05) is 11.5 Å². The fourth-order valence-corrected chi connectivity index (χ4v) is 4.84. The Hall–Kier alpha value is -1.74. The zero-order chi connectivity index (χ0) is 22.4. The number of hydrogen-bond acceptors (Lipinski definition) is 4. The van der Waals surface area contributed by atoms with Crippen LogP contribution in [0.1, 0.15) is 56.8 Å². The van der Waals surface area contributed by atoms with Gasteiger partial charge in [0.25, 0.3) is 0 Å². The van der Waals surface area contributed by atoms with E-state index in [0.717, 1.165) is 42.8 Å². The molecular weight excluding hydrogens is 449 g/mol. The molecule has 3 rings (SSSR count). The number of hydrogen-bond donors (Lipinski definition) is 1. The van der Waals surface area contributed by atoms with Crippen LogP contribution in [0.15, 0.2) is 23.4 Å². The Morgan fingerprint density at radius 3 is 2.68 bits per heavy atom. The number of nitrogens with one attached hydrogen (secondary N) is 1. The van der Waals surface area contributed by atoms with Crippen LogP contribution in [0.5, 0.6) is 0 Å². The summed E-state index contributed by atoms with van der Waals surface area (Å²) in [4.78, 5) is 12.3. The molecule has 1 amide bonds. The van der Waals surface area contributed by atoms with Gasteiger partial charge in [-0.15, -0.1) is 10.2 Å². The van der Waals surface area contributed by atoms with Crippen molar-refractivity contribution in [2.75, 3.05) is 11.1 Å². The predicted octanol–water partition coefficient (Wildman–Crippen LogP) is 6.21. The number of thioether (sulfide) groups is 1. The summed E-state index contributed by atoms with van der Waals surface area (Å²) in [6.45, 7) is 2.69. The summed E-state index contributed by atoms with van der Waals surface area (Å²) >= 11 is 7.15. The van der Waals surface area contributed by atoms with E-state index in [2.05, 4.69) is 15.5 Å². The minimum atomic E-state index is -4.51. The summed E-state index contributed by atoms with van der Waals surface area (Å²) in [6, 6.07) is 2.84. The molecule has 1 saturated carbocycles. The Morgan fingerprint density at radius 2 is 2.00 bits per heavy atom. The molecule has 0 unspecified atom stereocenters. The Balaban J connectivity index is 1.57. The first-order valence-corrected chi connectivity index (χ1v) is 11.9. The second-order valence-corrected chi connectivity index (χ2v) is 9.06. The van der Waals surface area contributed by atoms with Gasteiger partial charge in [0.05, 0.1) is 22.0 Å². The van der Waals surface area contributed by atoms with E-state index in [-0.39, 0.29) is 16.5 Å². The third-order valence-electron chi connectivity index (χ3n) is 5.51. The highest BCUT2D eigenvalue weighted by Crippen LogP contribution is 2.34. The van der Waals surface area contributed by atoms with Crippen molar-refractivity contribution in [3.8, 4) is 0 Å². The van der Waals surface area contributed by atoms with Crippen molar-refractivity contribution < 1.29 is 18.0 Å². The highest BCUT2D eigenvalue weighted by atomic mass is 35.5. The largest absolute Gasteiger partial charge is 0.416 e. The highest BCUT2D eigenvalue weighted by molar-refractivity contribution is 7.99. The highest BCUT2D eigenvalue weighted by Gasteiger charge is 2.31. The van der Waals surface area contributed by atoms with Crippen molar-refractivity contribution >= 4 is 35.0 Å². The van der Waals surface area contributed by atoms with E-state index >= 15 is 0 Å². The average Bonchev–Trinajstić information content (AvgIpc) is 3.14. The van der Waals surface area contributed by atoms with Crippen molar-refractivity contribution in [3.63, 3.8) is 0 Å². The van der Waals surface area contributed by atoms with Gasteiger partial charge in [-0.3, -0.25) is 4.79 Å². The molecule has 1 aromatic carbocycles. The molecule has 0 atom stereocenters. The number of anilines is 1. The number of rotatable bonds is 8. The van der Waals surface area contributed by atoms with Gasteiger partial charge >= 0.3 is 6.18 Å². The molecule has 1 aliphatic rings. The molecule has 0 saturated heterocycles. The average molecular weight is 475 g/mol. The predicted molar refractivity (Wildman–Crippen MR) is 116 cm³/mol. The number of aryl methyl sites for hydroxylation is 1. The summed E-state index contributed by atoms with van der Waals surface area (Å²) in [5.41, 5.74) is -0.930. The lowest BCUT2D eigenvalue weighted by molar-refractivity contribution is -0.137. The molecule has 10 heteroatoms. The number of alkyl halides is 3. The number of aromatic nitrogens is 3. The van der Waals surface area contributed by atoms with E-state index in [0.29, 0.717) is 11.7 Å². The first-order valence-electron chi connectivity index (χ1n) is 10.5. The summed E-state index contributed by atoms with van der Waals surface area (Å²) in [6.07, 6.45) is 3.94. The zero-order valence-corrected chi connectivity index (χ0v) is 18.9. The third-order valence-corrected chi connectivity index (χ3v) is 6.81. The molecule has 31 heavy (non-hydrogen) atoms. The molecule has 5 nitrogen and oxygen atoms in total. The number of amides is 1. The number of carbonyl (C=O) groups is 1. The van der Waals surface area contributed by atoms with Gasteiger partial charge in [0.15, 0.2) is 5.16 Å². The van der Waals surface area contributed by atoms with E-state index in [4.69, 9.17) is 11.6 Å². The lowest BCUT2D eigenvalue weighted by atomic mass is 9.86. The van der Waals surface area contributed by atoms with Crippen LogP contribution >= 0.6 is 23.4 Å². The fraction of sp³-hybridized carbons (Fsp3) is 0.571. The molecule has 0 aliphatic heterocycles. The minimum Gasteiger partial charge on any atom is -0.324 e. The molecule has 1 heterocycles. The van der Waals surface area contributed by atoms with Crippen LogP contribution in [0.2, 0.25) is 5.02 Å². The molecule has 0 spiro atoms. The van der Waals surface area contributed by atoms with Crippen molar-refractivity contribution in [2.45, 2.75) is 69.7 Å². The van der Waals surface area contributed by atoms with Gasteiger partial charge in [0.1, 0.15) is 5.82 Å². The maximum Gasteiger partial charge on any atom is 0.416 e. The Bertz CT molecular complexity index is 897. The molecular formula is C21H26ClF3N4OS. The van der Waals surface area contributed by atoms with Crippen LogP contribution in [0.3, 0.4) is 0 Å². The first-order chi connectivity index (χ1) is 14.8. The second kappa shape index (κ2) is 10.7. The van der Waals surface area contributed by atoms with Gasteiger partial charge in [0.2, 0.25) is 5.91 Å². The number of benzene rings is 1. The number of carbonyl (C=O) groups excluding carboxylic acids is 1. The van der Waals surface area contributed by atoms with Crippen molar-refractivity contribution in [2.24, 2.45) is 5.92 Å². The molecule has 1 N–H and O–H groups in total. The van der Waals surface area contributed by atoms with Gasteiger partial charge in [-0.2, -0.15) is 13.2 Å². The van der Waals surface area contributed by atoms with Crippen LogP contribution in [-0.2, 0) is 23.9 Å². The molecule has 1 aliphatic carbocycles. The van der Waals surface area contributed by atoms with E-state index in [9.17, 15) is 18.0 Å². The lowest BCUT2D eigenvalue weighted by Gasteiger charge is -2.21. The third kappa shape index (κ3) is 6.62. The summed E-state index contributed by atoms with van der Waals surface area (Å²) in [5.74, 6) is 1.19. The smallest absolute Gasteiger partial charge is 0.324 e. The Morgan fingerprint density at radius 1 is 1.26 bits per heavy atom. The summed E-state index contributed by atoms with van der Waals surface area (Å²) < 4.78 is 40.7. The minimum absolute atomic E-state index is 0.00661. The maximum absolute atomic E-state index is 12.9. The SMILES string of the molecule is CCn1c(CCC2CCCCC2)nnc1SCC(=O)Nc1cc(C(F)(F)F)ccc1Cl. The first kappa shape index (κ1) is 23.9. The molecule has 2 aromatic rings. The van der Waals surface area contributed by atoms with Gasteiger partial charge < -0.3 is 9.88 Å². The molecule has 1 fully saturated rings. The van der Waals surface area contributed by atoms with Crippen LogP contribution < -0.4 is 5.32 Å². The molecule has 1 aromatic heterocycles. The van der Waals surface area contributed by atoms with Crippen LogP contribution in [0.25, 0.3) is 0 Å². The van der Waals surface area contributed by atoms with Gasteiger partial charge in [-0.05, 0) is 37.5 Å². The van der Waals surface area contributed by atoms with Crippen molar-refractivity contribution in [1.29, 1.82) is 0 Å². The quantitative estimate of drug-likeness (QED) is 0.462. The van der Waals surface area contributed by atoms with Gasteiger partial charge in [-0.1, -0.05) is 55.5 Å². The normalized spacial score (nSPS) is 15.3. The van der Waals surface area contributed by atoms with Gasteiger partial charge in [0, 0.05) is 13.0 Å². The Kier molecular flexibility index (Phi) is 8.27. The van der Waals surface area contributed by atoms with E-state index in [1.165, 1.54) is 43.9 Å². The zero-order valence-electron chi connectivity index (χ0n) is 17.3. The molecule has 170 valence electrons. The summed E-state index contributed by atoms with van der Waals surface area (Å²) in [5, 5.41) is 11.7. The van der Waals surface area contributed by atoms with Gasteiger partial charge in [-0.25, -0.2) is 0 Å². The second-order valence-electron chi connectivity index (χ2n) is 7.72. The van der Waals surface area contributed by atoms with E-state index in [1.54, 1.807) is 0 Å². The van der Waals surface area contributed by atoms with Crippen LogP contribution in [0.4, 0.5) is 18.9 Å². The van der Waals surface area contributed by atoms with E-state index < -0.39 is 17.6 Å². The monoisotopic (exact) mass is 474 g/mol. The molecule has 0 bridgehead atoms. The van der Waals surface area contributed by atoms with Crippen LogP contribution in [-0.4, -0.2) is 26.4 Å². The standard InChI is InChI=1S/C21H26ClF3N4OS/c1-2-29-18(11-8-14-6-4-3-5-7-14)27-28-20(29)31-13-19(30)26-17-12-15(21(23,24)25)9-10-16(17)22/h9-10,12,14H,2-8,11,13H2,1H3,(H,26,30). The molecule has 0 radical (unpaired) electrons. The van der Waals surface area contributed by atoms with Crippen LogP contribution in [0, 0.1) is 5.92 Å².